The Morgan fingerprint density at radius 1 is 0.273 bits per heavy atom. The molecule has 0 aromatic rings. The molecule has 0 aliphatic carbocycles. The molecule has 0 aliphatic rings. The van der Waals surface area contributed by atoms with Gasteiger partial charge in [0.25, 0.3) is 0 Å². The zero-order chi connectivity index (χ0) is 55.7. The van der Waals surface area contributed by atoms with Gasteiger partial charge in [0, 0.05) is 19.3 Å². The molecular formula is C71H118O6. The lowest BCUT2D eigenvalue weighted by molar-refractivity contribution is -0.166. The first kappa shape index (κ1) is 72.8. The first-order valence-electron chi connectivity index (χ1n) is 32.0. The fourth-order valence-corrected chi connectivity index (χ4v) is 8.65. The average molecular weight is 1070 g/mol. The van der Waals surface area contributed by atoms with Gasteiger partial charge in [0.05, 0.1) is 0 Å². The topological polar surface area (TPSA) is 78.9 Å². The van der Waals surface area contributed by atoms with Crippen molar-refractivity contribution in [1.82, 2.24) is 0 Å². The molecule has 0 aromatic carbocycles. The number of carbonyl (C=O) groups is 3. The highest BCUT2D eigenvalue weighted by Gasteiger charge is 2.19. The second-order valence-corrected chi connectivity index (χ2v) is 20.9. The minimum absolute atomic E-state index is 0.114. The van der Waals surface area contributed by atoms with Crippen LogP contribution < -0.4 is 0 Å². The molecule has 0 rings (SSSR count). The maximum atomic E-state index is 12.9. The predicted molar refractivity (Wildman–Crippen MR) is 334 cm³/mol. The third-order valence-corrected chi connectivity index (χ3v) is 13.4. The lowest BCUT2D eigenvalue weighted by atomic mass is 10.1. The van der Waals surface area contributed by atoms with E-state index in [2.05, 4.69) is 136 Å². The van der Waals surface area contributed by atoms with Crippen molar-refractivity contribution in [1.29, 1.82) is 0 Å². The summed E-state index contributed by atoms with van der Waals surface area (Å²) in [6.45, 7) is 6.44. The van der Waals surface area contributed by atoms with Crippen LogP contribution in [0.25, 0.3) is 0 Å². The van der Waals surface area contributed by atoms with E-state index in [1.807, 2.05) is 6.08 Å². The van der Waals surface area contributed by atoms with Crippen LogP contribution in [0.2, 0.25) is 0 Å². The highest BCUT2D eigenvalue weighted by molar-refractivity contribution is 5.71. The van der Waals surface area contributed by atoms with Crippen molar-refractivity contribution in [3.05, 3.63) is 122 Å². The molecule has 0 amide bonds. The number of hydrogen-bond donors (Lipinski definition) is 0. The van der Waals surface area contributed by atoms with Crippen LogP contribution in [0.15, 0.2) is 122 Å². The number of ether oxygens (including phenoxy) is 3. The van der Waals surface area contributed by atoms with Gasteiger partial charge in [0.2, 0.25) is 0 Å². The summed E-state index contributed by atoms with van der Waals surface area (Å²) in [6.07, 6.45) is 89.2. The largest absolute Gasteiger partial charge is 0.462 e. The predicted octanol–water partition coefficient (Wildman–Crippen LogP) is 22.0. The van der Waals surface area contributed by atoms with E-state index < -0.39 is 12.1 Å². The van der Waals surface area contributed by atoms with Crippen molar-refractivity contribution in [2.45, 2.75) is 297 Å². The standard InChI is InChI=1S/C71H118O6/c1-4-7-10-13-16-19-22-25-28-31-34-35-38-40-43-46-49-52-55-58-61-64-70(73)76-67-68(77-71(74)65-62-59-56-53-50-47-44-41-37-33-30-27-24-21-18-15-12-9-6-3)66-75-69(72)63-60-57-54-51-48-45-42-39-36-32-29-26-23-20-17-14-11-8-5-2/h9,12,17-18,20-22,25-27,29-31,34,37,41,47,50,56,59,68H,4-8,10-11,13-16,19,23-24,28,32-33,35-36,38-40,42-46,48-49,51-55,57-58,60-67H2,1-3H3/b12-9-,20-17-,21-18-,25-22-,29-26-,30-27-,34-31-,41-37-,50-47-,59-56-. The van der Waals surface area contributed by atoms with Crippen LogP contribution in [0.3, 0.4) is 0 Å². The third kappa shape index (κ3) is 62.5. The number of hydrogen-bond acceptors (Lipinski definition) is 6. The maximum Gasteiger partial charge on any atom is 0.306 e. The number of unbranched alkanes of at least 4 members (excludes halogenated alkanes) is 26. The maximum absolute atomic E-state index is 12.9. The third-order valence-electron chi connectivity index (χ3n) is 13.4. The minimum Gasteiger partial charge on any atom is -0.462 e. The molecule has 0 saturated carbocycles. The van der Waals surface area contributed by atoms with Crippen molar-refractivity contribution in [2.75, 3.05) is 13.2 Å². The van der Waals surface area contributed by atoms with Gasteiger partial charge in [-0.1, -0.05) is 271 Å². The smallest absolute Gasteiger partial charge is 0.306 e. The Morgan fingerprint density at radius 3 is 0.870 bits per heavy atom. The number of carbonyl (C=O) groups excluding carboxylic acids is 3. The van der Waals surface area contributed by atoms with Crippen molar-refractivity contribution < 1.29 is 28.6 Å². The van der Waals surface area contributed by atoms with Crippen molar-refractivity contribution >= 4 is 17.9 Å². The molecule has 1 atom stereocenters. The van der Waals surface area contributed by atoms with E-state index in [1.54, 1.807) is 0 Å². The van der Waals surface area contributed by atoms with Gasteiger partial charge in [-0.25, -0.2) is 0 Å². The summed E-state index contributed by atoms with van der Waals surface area (Å²) < 4.78 is 16.9. The minimum atomic E-state index is -0.827. The number of rotatable bonds is 57. The van der Waals surface area contributed by atoms with Crippen LogP contribution >= 0.6 is 0 Å². The van der Waals surface area contributed by atoms with Crippen molar-refractivity contribution in [2.24, 2.45) is 0 Å². The lowest BCUT2D eigenvalue weighted by Gasteiger charge is -2.18. The van der Waals surface area contributed by atoms with Crippen LogP contribution in [0.4, 0.5) is 0 Å². The Kier molecular flexibility index (Phi) is 60.8. The highest BCUT2D eigenvalue weighted by Crippen LogP contribution is 2.15. The summed E-state index contributed by atoms with van der Waals surface area (Å²) in [6, 6.07) is 0. The number of esters is 3. The fourth-order valence-electron chi connectivity index (χ4n) is 8.65. The monoisotopic (exact) mass is 1070 g/mol. The van der Waals surface area contributed by atoms with Gasteiger partial charge >= 0.3 is 17.9 Å². The van der Waals surface area contributed by atoms with Gasteiger partial charge in [-0.05, 0) is 122 Å². The van der Waals surface area contributed by atoms with E-state index in [9.17, 15) is 14.4 Å². The van der Waals surface area contributed by atoms with Gasteiger partial charge < -0.3 is 14.2 Å². The molecule has 77 heavy (non-hydrogen) atoms. The first-order valence-corrected chi connectivity index (χ1v) is 32.0. The molecule has 0 aromatic heterocycles. The normalized spacial score (nSPS) is 12.9. The Hall–Kier alpha value is -4.19. The Bertz CT molecular complexity index is 1600. The van der Waals surface area contributed by atoms with Crippen LogP contribution in [0.1, 0.15) is 290 Å². The number of allylic oxidation sites excluding steroid dienone is 20. The van der Waals surface area contributed by atoms with E-state index in [4.69, 9.17) is 14.2 Å². The summed E-state index contributed by atoms with van der Waals surface area (Å²) in [5, 5.41) is 0. The molecule has 0 aliphatic heterocycles. The zero-order valence-corrected chi connectivity index (χ0v) is 50.2. The highest BCUT2D eigenvalue weighted by atomic mass is 16.6. The molecule has 0 bridgehead atoms. The summed E-state index contributed by atoms with van der Waals surface area (Å²) in [4.78, 5) is 38.3. The van der Waals surface area contributed by atoms with E-state index in [0.29, 0.717) is 19.3 Å². The van der Waals surface area contributed by atoms with Crippen LogP contribution in [-0.4, -0.2) is 37.2 Å². The fraction of sp³-hybridized carbons (Fsp3) is 0.676. The van der Waals surface area contributed by atoms with Gasteiger partial charge in [-0.15, -0.1) is 0 Å². The van der Waals surface area contributed by atoms with Gasteiger partial charge in [0.15, 0.2) is 6.10 Å². The summed E-state index contributed by atoms with van der Waals surface area (Å²) in [7, 11) is 0. The van der Waals surface area contributed by atoms with Crippen molar-refractivity contribution in [3.8, 4) is 0 Å². The molecular weight excluding hydrogens is 949 g/mol. The molecule has 0 radical (unpaired) electrons. The second-order valence-electron chi connectivity index (χ2n) is 20.9. The lowest BCUT2D eigenvalue weighted by Crippen LogP contribution is -2.30. The molecule has 0 fully saturated rings. The van der Waals surface area contributed by atoms with E-state index >= 15 is 0 Å². The zero-order valence-electron chi connectivity index (χ0n) is 50.2. The van der Waals surface area contributed by atoms with E-state index in [1.165, 1.54) is 154 Å². The quantitative estimate of drug-likeness (QED) is 0.0261. The summed E-state index contributed by atoms with van der Waals surface area (Å²) in [5.41, 5.74) is 0. The molecule has 0 N–H and O–H groups in total. The van der Waals surface area contributed by atoms with Crippen LogP contribution in [0, 0.1) is 0 Å². The average Bonchev–Trinajstić information content (AvgIpc) is 3.43. The molecule has 0 saturated heterocycles. The van der Waals surface area contributed by atoms with Gasteiger partial charge in [0.1, 0.15) is 13.2 Å². The van der Waals surface area contributed by atoms with Crippen molar-refractivity contribution in [3.63, 3.8) is 0 Å². The molecule has 0 heterocycles. The van der Waals surface area contributed by atoms with Crippen LogP contribution in [-0.2, 0) is 28.6 Å². The molecule has 0 spiro atoms. The van der Waals surface area contributed by atoms with Gasteiger partial charge in [-0.2, -0.15) is 0 Å². The molecule has 6 nitrogen and oxygen atoms in total. The molecule has 6 heteroatoms. The van der Waals surface area contributed by atoms with Gasteiger partial charge in [-0.3, -0.25) is 14.4 Å². The first-order chi connectivity index (χ1) is 38.0. The summed E-state index contributed by atoms with van der Waals surface area (Å²) in [5.74, 6) is -1.00. The Morgan fingerprint density at radius 2 is 0.532 bits per heavy atom. The summed E-state index contributed by atoms with van der Waals surface area (Å²) >= 11 is 0. The molecule has 1 unspecified atom stereocenters. The van der Waals surface area contributed by atoms with Crippen LogP contribution in [0.5, 0.6) is 0 Å². The van der Waals surface area contributed by atoms with E-state index in [-0.39, 0.29) is 31.6 Å². The second kappa shape index (κ2) is 64.3. The van der Waals surface area contributed by atoms with E-state index in [0.717, 1.165) is 89.9 Å². The Balaban J connectivity index is 4.50. The SMILES string of the molecule is CC/C=C\C/C=C\C/C=C\C/C=C\C/C=C\C/C=C\CCC(=O)OC(COC(=O)CCCCCCCCCCC/C=C\C/C=C\CCCCC)COC(=O)CCCCCCCCCCC/C=C\C/C=C\CCCCCCC. The Labute approximate surface area is 475 Å². The molecule has 438 valence electrons.